The molecule has 1 aliphatic heterocycles. The van der Waals surface area contributed by atoms with Crippen molar-refractivity contribution in [2.24, 2.45) is 4.99 Å². The molecule has 0 aromatic heterocycles. The molecule has 0 aliphatic carbocycles. The number of aliphatic hydroxyl groups is 1. The van der Waals surface area contributed by atoms with E-state index in [1.165, 1.54) is 0 Å². The monoisotopic (exact) mass is 662 g/mol. The lowest BCUT2D eigenvalue weighted by molar-refractivity contribution is -0.129. The largest absolute Gasteiger partial charge is 0.497 e. The van der Waals surface area contributed by atoms with Gasteiger partial charge in [0.2, 0.25) is 5.90 Å². The van der Waals surface area contributed by atoms with E-state index in [4.69, 9.17) is 35.9 Å². The highest BCUT2D eigenvalue weighted by molar-refractivity contribution is 9.10. The smallest absolute Gasteiger partial charge is 0.252 e. The van der Waals surface area contributed by atoms with Gasteiger partial charge in [-0.15, -0.1) is 0 Å². The van der Waals surface area contributed by atoms with Crippen molar-refractivity contribution in [1.82, 2.24) is 5.32 Å². The number of aliphatic hydroxyl groups excluding tert-OH is 1. The molecule has 0 saturated carbocycles. The molecule has 7 nitrogen and oxygen atoms in total. The summed E-state index contributed by atoms with van der Waals surface area (Å²) in [4.78, 5) is 19.5. The predicted molar refractivity (Wildman–Crippen MR) is 171 cm³/mol. The number of carbonyl (C=O) groups excluding carboxylic acids is 1. The maximum atomic E-state index is 14.4. The van der Waals surface area contributed by atoms with Gasteiger partial charge >= 0.3 is 0 Å². The van der Waals surface area contributed by atoms with E-state index in [2.05, 4.69) is 21.2 Å². The van der Waals surface area contributed by atoms with Gasteiger partial charge in [0.25, 0.3) is 5.91 Å². The summed E-state index contributed by atoms with van der Waals surface area (Å²) < 4.78 is 18.7. The second-order valence-electron chi connectivity index (χ2n) is 10.1. The molecule has 1 amide bonds. The molecular formula is C34H32BrClN2O5. The molecule has 0 fully saturated rings. The van der Waals surface area contributed by atoms with Gasteiger partial charge in [-0.1, -0.05) is 70.0 Å². The van der Waals surface area contributed by atoms with Crippen LogP contribution in [0.5, 0.6) is 11.5 Å². The highest BCUT2D eigenvalue weighted by Crippen LogP contribution is 2.44. The van der Waals surface area contributed by atoms with Crippen molar-refractivity contribution in [2.45, 2.75) is 31.0 Å². The summed E-state index contributed by atoms with van der Waals surface area (Å²) >= 11 is 9.75. The summed E-state index contributed by atoms with van der Waals surface area (Å²) in [5, 5.41) is 12.8. The van der Waals surface area contributed by atoms with Crippen LogP contribution >= 0.6 is 27.5 Å². The molecule has 0 unspecified atom stereocenters. The van der Waals surface area contributed by atoms with Crippen molar-refractivity contribution < 1.29 is 24.1 Å². The summed E-state index contributed by atoms with van der Waals surface area (Å²) in [6, 6.07) is 30.1. The Morgan fingerprint density at radius 1 is 1.02 bits per heavy atom. The van der Waals surface area contributed by atoms with E-state index in [0.29, 0.717) is 47.6 Å². The maximum absolute atomic E-state index is 14.4. The van der Waals surface area contributed by atoms with E-state index in [0.717, 1.165) is 21.2 Å². The van der Waals surface area contributed by atoms with E-state index in [1.54, 1.807) is 19.2 Å². The molecule has 0 bridgehead atoms. The minimum atomic E-state index is -1.35. The van der Waals surface area contributed by atoms with E-state index >= 15 is 0 Å². The Balaban J connectivity index is 1.57. The molecule has 0 radical (unpaired) electrons. The molecule has 4 aromatic carbocycles. The Morgan fingerprint density at radius 3 is 2.51 bits per heavy atom. The summed E-state index contributed by atoms with van der Waals surface area (Å²) in [5.74, 6) is 1.39. The molecule has 4 aromatic rings. The number of nitrogens with zero attached hydrogens (tertiary/aromatic N) is 1. The Hall–Kier alpha value is -3.85. The number of methoxy groups -OCH3 is 1. The average Bonchev–Trinajstić information content (AvgIpc) is 3.43. The van der Waals surface area contributed by atoms with E-state index in [1.807, 2.05) is 84.9 Å². The van der Waals surface area contributed by atoms with E-state index in [-0.39, 0.29) is 18.9 Å². The van der Waals surface area contributed by atoms with Gasteiger partial charge in [-0.05, 0) is 71.3 Å². The lowest BCUT2D eigenvalue weighted by Crippen LogP contribution is -2.49. The third-order valence-electron chi connectivity index (χ3n) is 7.21. The van der Waals surface area contributed by atoms with Crippen LogP contribution in [-0.2, 0) is 22.5 Å². The summed E-state index contributed by atoms with van der Waals surface area (Å²) in [5.41, 5.74) is 1.94. The lowest BCUT2D eigenvalue weighted by Gasteiger charge is -2.31. The fraction of sp³-hybridized carbons (Fsp3) is 0.235. The Kier molecular flexibility index (Phi) is 10.0. The zero-order valence-electron chi connectivity index (χ0n) is 23.6. The van der Waals surface area contributed by atoms with Crippen LogP contribution in [0, 0.1) is 0 Å². The number of hydrogen-bond acceptors (Lipinski definition) is 6. The van der Waals surface area contributed by atoms with Gasteiger partial charge in [-0.25, -0.2) is 4.99 Å². The molecule has 9 heteroatoms. The zero-order chi connectivity index (χ0) is 30.2. The van der Waals surface area contributed by atoms with Crippen LogP contribution in [0.15, 0.2) is 107 Å². The minimum absolute atomic E-state index is 0.0636. The highest BCUT2D eigenvalue weighted by Gasteiger charge is 2.53. The van der Waals surface area contributed by atoms with Crippen molar-refractivity contribution >= 4 is 39.3 Å². The zero-order valence-corrected chi connectivity index (χ0v) is 26.0. The van der Waals surface area contributed by atoms with Gasteiger partial charge < -0.3 is 24.6 Å². The third kappa shape index (κ3) is 7.21. The molecule has 1 heterocycles. The standard InChI is InChI=1S/C34H32BrClN2O5/c1-41-29-8-4-7-25(20-29)31-34(21-26-6-2-3-9-30(26)35,33(40)37-22-23-10-14-27(36)15-11-23)38-32(43-31)24-12-16-28(17-13-24)42-19-5-18-39/h2-4,6-17,20,31,39H,5,18-19,21-22H2,1H3,(H,37,40)/t31-,34-/m1/s1. The fourth-order valence-electron chi connectivity index (χ4n) is 4.96. The van der Waals surface area contributed by atoms with Gasteiger partial charge in [-0.3, -0.25) is 4.79 Å². The van der Waals surface area contributed by atoms with Crippen molar-refractivity contribution in [2.75, 3.05) is 20.3 Å². The predicted octanol–water partition coefficient (Wildman–Crippen LogP) is 6.69. The van der Waals surface area contributed by atoms with Gasteiger partial charge in [0.15, 0.2) is 11.6 Å². The number of carbonyl (C=O) groups is 1. The fourth-order valence-corrected chi connectivity index (χ4v) is 5.51. The van der Waals surface area contributed by atoms with Crippen molar-refractivity contribution in [1.29, 1.82) is 0 Å². The SMILES string of the molecule is COc1cccc([C@H]2OC(c3ccc(OCCCO)cc3)=N[C@@]2(Cc2ccccc2Br)C(=O)NCc2ccc(Cl)cc2)c1. The normalized spacial score (nSPS) is 17.6. The number of ether oxygens (including phenoxy) is 3. The van der Waals surface area contributed by atoms with Crippen LogP contribution in [0.25, 0.3) is 0 Å². The quantitative estimate of drug-likeness (QED) is 0.165. The van der Waals surface area contributed by atoms with Gasteiger partial charge in [-0.2, -0.15) is 0 Å². The second-order valence-corrected chi connectivity index (χ2v) is 11.4. The van der Waals surface area contributed by atoms with Crippen molar-refractivity contribution in [3.63, 3.8) is 0 Å². The molecule has 43 heavy (non-hydrogen) atoms. The molecular weight excluding hydrogens is 632 g/mol. The molecule has 0 saturated heterocycles. The Labute approximate surface area is 264 Å². The Morgan fingerprint density at radius 2 is 1.79 bits per heavy atom. The summed E-state index contributed by atoms with van der Waals surface area (Å²) in [6.45, 7) is 0.769. The first-order valence-corrected chi connectivity index (χ1v) is 15.1. The van der Waals surface area contributed by atoms with Crippen LogP contribution in [0.2, 0.25) is 5.02 Å². The molecule has 0 spiro atoms. The van der Waals surface area contributed by atoms with E-state index in [9.17, 15) is 4.79 Å². The number of nitrogens with one attached hydrogen (secondary N) is 1. The van der Waals surface area contributed by atoms with Crippen LogP contribution in [-0.4, -0.2) is 42.8 Å². The van der Waals surface area contributed by atoms with Crippen molar-refractivity contribution in [3.8, 4) is 11.5 Å². The molecule has 2 atom stereocenters. The highest BCUT2D eigenvalue weighted by atomic mass is 79.9. The van der Waals surface area contributed by atoms with Gasteiger partial charge in [0, 0.05) is 41.1 Å². The van der Waals surface area contributed by atoms with Gasteiger partial charge in [0.05, 0.1) is 13.7 Å². The average molecular weight is 664 g/mol. The first kappa shape index (κ1) is 30.6. The number of rotatable bonds is 12. The second kappa shape index (κ2) is 14.1. The lowest BCUT2D eigenvalue weighted by atomic mass is 9.82. The summed E-state index contributed by atoms with van der Waals surface area (Å²) in [7, 11) is 1.61. The van der Waals surface area contributed by atoms with E-state index < -0.39 is 11.6 Å². The number of aliphatic imine (C=N–C) groups is 1. The maximum Gasteiger partial charge on any atom is 0.252 e. The first-order chi connectivity index (χ1) is 20.9. The third-order valence-corrected chi connectivity index (χ3v) is 8.24. The van der Waals surface area contributed by atoms with Crippen LogP contribution in [0.3, 0.4) is 0 Å². The van der Waals surface area contributed by atoms with Crippen LogP contribution in [0.4, 0.5) is 0 Å². The molecule has 1 aliphatic rings. The molecule has 5 rings (SSSR count). The van der Waals surface area contributed by atoms with Gasteiger partial charge in [0.1, 0.15) is 11.5 Å². The number of amides is 1. The number of hydrogen-bond donors (Lipinski definition) is 2. The molecule has 2 N–H and O–H groups in total. The summed E-state index contributed by atoms with van der Waals surface area (Å²) in [6.07, 6.45) is 0.0623. The van der Waals surface area contributed by atoms with Crippen molar-refractivity contribution in [3.05, 3.63) is 129 Å². The molecule has 222 valence electrons. The minimum Gasteiger partial charge on any atom is -0.497 e. The number of halogens is 2. The number of benzene rings is 4. The van der Waals surface area contributed by atoms with Crippen LogP contribution < -0.4 is 14.8 Å². The Bertz CT molecular complexity index is 1580. The first-order valence-electron chi connectivity index (χ1n) is 13.9. The van der Waals surface area contributed by atoms with Crippen LogP contribution in [0.1, 0.15) is 34.8 Å². The topological polar surface area (TPSA) is 89.4 Å².